The fourth-order valence-electron chi connectivity index (χ4n) is 1.67. The van der Waals surface area contributed by atoms with Gasteiger partial charge >= 0.3 is 0 Å². The number of sulfone groups is 1. The van der Waals surface area contributed by atoms with Gasteiger partial charge in [-0.1, -0.05) is 0 Å². The summed E-state index contributed by atoms with van der Waals surface area (Å²) >= 11 is 0. The van der Waals surface area contributed by atoms with Gasteiger partial charge in [0.05, 0.1) is 17.7 Å². The Kier molecular flexibility index (Phi) is 2.56. The monoisotopic (exact) mass is 250 g/mol. The molecule has 1 aromatic carbocycles. The number of anilines is 1. The van der Waals surface area contributed by atoms with E-state index >= 15 is 0 Å². The molecule has 1 heterocycles. The van der Waals surface area contributed by atoms with Crippen molar-refractivity contribution in [3.63, 3.8) is 0 Å². The molecule has 0 radical (unpaired) electrons. The third-order valence-corrected chi connectivity index (χ3v) is 4.36. The highest BCUT2D eigenvalue weighted by Crippen LogP contribution is 2.36. The van der Waals surface area contributed by atoms with Gasteiger partial charge in [-0.05, 0) is 19.1 Å². The molecule has 0 amide bonds. The van der Waals surface area contributed by atoms with Crippen LogP contribution in [0.1, 0.15) is 6.92 Å². The van der Waals surface area contributed by atoms with Gasteiger partial charge in [-0.2, -0.15) is 5.26 Å². The number of methoxy groups -OCH3 is 1. The summed E-state index contributed by atoms with van der Waals surface area (Å²) in [6, 6.07) is 6.39. The minimum absolute atomic E-state index is 0.0685. The number of nitrogens with zero attached hydrogens (tertiary/aromatic N) is 1. The molecular formula is C11H10N2O3S. The molecule has 1 aromatic rings. The van der Waals surface area contributed by atoms with E-state index in [-0.39, 0.29) is 9.80 Å². The van der Waals surface area contributed by atoms with Crippen LogP contribution >= 0.6 is 0 Å². The van der Waals surface area contributed by atoms with E-state index in [9.17, 15) is 8.42 Å². The van der Waals surface area contributed by atoms with Crippen molar-refractivity contribution in [2.45, 2.75) is 11.8 Å². The first-order valence-electron chi connectivity index (χ1n) is 4.82. The molecule has 0 bridgehead atoms. The Morgan fingerprint density at radius 2 is 2.12 bits per heavy atom. The number of benzene rings is 1. The zero-order valence-corrected chi connectivity index (χ0v) is 10.1. The van der Waals surface area contributed by atoms with Crippen molar-refractivity contribution in [3.8, 4) is 11.8 Å². The molecule has 1 aliphatic heterocycles. The molecule has 0 unspecified atom stereocenters. The zero-order chi connectivity index (χ0) is 12.6. The average molecular weight is 250 g/mol. The van der Waals surface area contributed by atoms with E-state index in [2.05, 4.69) is 5.32 Å². The van der Waals surface area contributed by atoms with Gasteiger partial charge in [-0.3, -0.25) is 0 Å². The van der Waals surface area contributed by atoms with Crippen LogP contribution in [-0.2, 0) is 9.84 Å². The predicted octanol–water partition coefficient (Wildman–Crippen LogP) is 1.65. The van der Waals surface area contributed by atoms with Crippen LogP contribution in [0, 0.1) is 11.3 Å². The summed E-state index contributed by atoms with van der Waals surface area (Å²) in [5, 5.41) is 11.8. The average Bonchev–Trinajstić information content (AvgIpc) is 2.28. The molecule has 0 saturated carbocycles. The maximum Gasteiger partial charge on any atom is 0.220 e. The van der Waals surface area contributed by atoms with Crippen LogP contribution in [0.4, 0.5) is 5.69 Å². The molecule has 0 aromatic heterocycles. The van der Waals surface area contributed by atoms with E-state index in [0.717, 1.165) is 0 Å². The van der Waals surface area contributed by atoms with E-state index in [1.165, 1.54) is 13.2 Å². The first kappa shape index (κ1) is 11.5. The van der Waals surface area contributed by atoms with Gasteiger partial charge in [0.25, 0.3) is 0 Å². The molecular weight excluding hydrogens is 240 g/mol. The van der Waals surface area contributed by atoms with Gasteiger partial charge in [0, 0.05) is 11.8 Å². The summed E-state index contributed by atoms with van der Waals surface area (Å²) in [7, 11) is -2.28. The molecule has 6 heteroatoms. The molecule has 0 aliphatic carbocycles. The minimum atomic E-state index is -3.74. The Labute approximate surface area is 99.2 Å². The van der Waals surface area contributed by atoms with Gasteiger partial charge in [0.1, 0.15) is 11.8 Å². The Hall–Kier alpha value is -2.00. The zero-order valence-electron chi connectivity index (χ0n) is 9.31. The van der Waals surface area contributed by atoms with Crippen molar-refractivity contribution in [3.05, 3.63) is 28.8 Å². The van der Waals surface area contributed by atoms with Gasteiger partial charge in [-0.25, -0.2) is 8.42 Å². The molecule has 88 valence electrons. The smallest absolute Gasteiger partial charge is 0.220 e. The number of fused-ring (bicyclic) bond motifs is 1. The highest BCUT2D eigenvalue weighted by Gasteiger charge is 2.31. The van der Waals surface area contributed by atoms with Crippen LogP contribution in [-0.4, -0.2) is 15.5 Å². The summed E-state index contributed by atoms with van der Waals surface area (Å²) in [4.78, 5) is -0.183. The number of hydrogen-bond acceptors (Lipinski definition) is 5. The van der Waals surface area contributed by atoms with Crippen LogP contribution in [0.2, 0.25) is 0 Å². The maximum atomic E-state index is 12.1. The second-order valence-electron chi connectivity index (χ2n) is 3.56. The van der Waals surface area contributed by atoms with E-state index in [4.69, 9.17) is 10.00 Å². The van der Waals surface area contributed by atoms with Crippen LogP contribution in [0.25, 0.3) is 0 Å². The standard InChI is InChI=1S/C11H10N2O3S/c1-7-11(6-12)17(14,15)10-5-8(16-2)3-4-9(10)13-7/h3-5,13H,1-2H3. The Morgan fingerprint density at radius 1 is 1.41 bits per heavy atom. The highest BCUT2D eigenvalue weighted by molar-refractivity contribution is 7.95. The molecule has 0 fully saturated rings. The van der Waals surface area contributed by atoms with E-state index < -0.39 is 9.84 Å². The Balaban J connectivity index is 2.73. The molecule has 17 heavy (non-hydrogen) atoms. The fraction of sp³-hybridized carbons (Fsp3) is 0.182. The molecule has 0 saturated heterocycles. The van der Waals surface area contributed by atoms with Gasteiger partial charge in [-0.15, -0.1) is 0 Å². The van der Waals surface area contributed by atoms with E-state index in [0.29, 0.717) is 17.1 Å². The normalized spacial score (nSPS) is 16.8. The second kappa shape index (κ2) is 3.79. The highest BCUT2D eigenvalue weighted by atomic mass is 32.2. The third kappa shape index (κ3) is 1.65. The molecule has 2 rings (SSSR count). The van der Waals surface area contributed by atoms with Crippen LogP contribution in [0.3, 0.4) is 0 Å². The number of nitriles is 1. The van der Waals surface area contributed by atoms with Crippen molar-refractivity contribution >= 4 is 15.5 Å². The molecule has 1 aliphatic rings. The Bertz CT molecular complexity index is 654. The second-order valence-corrected chi connectivity index (χ2v) is 5.41. The SMILES string of the molecule is COc1ccc2c(c1)S(=O)(=O)C(C#N)=C(C)N2. The quantitative estimate of drug-likeness (QED) is 0.819. The fourth-order valence-corrected chi connectivity index (χ4v) is 3.14. The predicted molar refractivity (Wildman–Crippen MR) is 62.1 cm³/mol. The van der Waals surface area contributed by atoms with E-state index in [1.54, 1.807) is 25.1 Å². The summed E-state index contributed by atoms with van der Waals surface area (Å²) in [6.07, 6.45) is 0. The maximum absolute atomic E-state index is 12.1. The molecule has 0 spiro atoms. The number of hydrogen-bond donors (Lipinski definition) is 1. The van der Waals surface area contributed by atoms with Gasteiger partial charge in [0.15, 0.2) is 4.91 Å². The van der Waals surface area contributed by atoms with Gasteiger partial charge in [0.2, 0.25) is 9.84 Å². The van der Waals surface area contributed by atoms with Crippen molar-refractivity contribution in [2.75, 3.05) is 12.4 Å². The topological polar surface area (TPSA) is 79.2 Å². The number of ether oxygens (including phenoxy) is 1. The largest absolute Gasteiger partial charge is 0.497 e. The van der Waals surface area contributed by atoms with Crippen LogP contribution in [0.5, 0.6) is 5.75 Å². The van der Waals surface area contributed by atoms with Crippen LogP contribution in [0.15, 0.2) is 33.7 Å². The van der Waals surface area contributed by atoms with Gasteiger partial charge < -0.3 is 10.1 Å². The van der Waals surface area contributed by atoms with Crippen molar-refractivity contribution in [1.82, 2.24) is 0 Å². The summed E-state index contributed by atoms with van der Waals surface area (Å²) in [5.41, 5.74) is 0.799. The first-order chi connectivity index (χ1) is 8.00. The van der Waals surface area contributed by atoms with Crippen molar-refractivity contribution < 1.29 is 13.2 Å². The lowest BCUT2D eigenvalue weighted by Gasteiger charge is -2.19. The summed E-state index contributed by atoms with van der Waals surface area (Å²) < 4.78 is 29.3. The minimum Gasteiger partial charge on any atom is -0.497 e. The molecule has 0 atom stereocenters. The summed E-state index contributed by atoms with van der Waals surface area (Å²) in [5.74, 6) is 0.436. The summed E-state index contributed by atoms with van der Waals surface area (Å²) in [6.45, 7) is 1.56. The van der Waals surface area contributed by atoms with Crippen LogP contribution < -0.4 is 10.1 Å². The molecule has 5 nitrogen and oxygen atoms in total. The molecule has 1 N–H and O–H groups in total. The lowest BCUT2D eigenvalue weighted by Crippen LogP contribution is -2.17. The van der Waals surface area contributed by atoms with Crippen molar-refractivity contribution in [1.29, 1.82) is 5.26 Å². The van der Waals surface area contributed by atoms with E-state index in [1.807, 2.05) is 0 Å². The van der Waals surface area contributed by atoms with Crippen molar-refractivity contribution in [2.24, 2.45) is 0 Å². The third-order valence-electron chi connectivity index (χ3n) is 2.51. The number of rotatable bonds is 1. The number of allylic oxidation sites excluding steroid dienone is 2. The lowest BCUT2D eigenvalue weighted by atomic mass is 10.2. The first-order valence-corrected chi connectivity index (χ1v) is 6.30. The Morgan fingerprint density at radius 3 is 2.71 bits per heavy atom. The number of nitrogens with one attached hydrogen (secondary N) is 1. The lowest BCUT2D eigenvalue weighted by molar-refractivity contribution is 0.413.